The average molecular weight is 781 g/mol. The number of nitrogens with zero attached hydrogens (tertiary/aromatic N) is 2. The maximum absolute atomic E-state index is 13.7. The van der Waals surface area contributed by atoms with Gasteiger partial charge >= 0.3 is 0 Å². The highest BCUT2D eigenvalue weighted by molar-refractivity contribution is 5.95. The van der Waals surface area contributed by atoms with Crippen molar-refractivity contribution in [1.82, 2.24) is 26.2 Å². The quantitative estimate of drug-likeness (QED) is 0.0270. The van der Waals surface area contributed by atoms with Gasteiger partial charge in [-0.2, -0.15) is 0 Å². The van der Waals surface area contributed by atoms with Crippen LogP contribution in [0.3, 0.4) is 0 Å². The monoisotopic (exact) mass is 781 g/mol. The van der Waals surface area contributed by atoms with E-state index in [0.29, 0.717) is 51.6 Å². The Morgan fingerprint density at radius 1 is 0.764 bits per heavy atom. The van der Waals surface area contributed by atoms with Crippen LogP contribution in [0.2, 0.25) is 0 Å². The number of aliphatic hydroxyl groups excluding tert-OH is 1. The highest BCUT2D eigenvalue weighted by Crippen LogP contribution is 2.21. The van der Waals surface area contributed by atoms with Gasteiger partial charge in [0.15, 0.2) is 5.96 Å². The van der Waals surface area contributed by atoms with Crippen LogP contribution in [-0.2, 0) is 24.0 Å². The lowest BCUT2D eigenvalue weighted by atomic mass is 10.0. The van der Waals surface area contributed by atoms with Crippen molar-refractivity contribution < 1.29 is 29.1 Å². The predicted molar refractivity (Wildman–Crippen MR) is 217 cm³/mol. The van der Waals surface area contributed by atoms with Crippen LogP contribution in [0.4, 0.5) is 0 Å². The molecule has 1 saturated heterocycles. The summed E-state index contributed by atoms with van der Waals surface area (Å²) >= 11 is 0. The van der Waals surface area contributed by atoms with E-state index in [1.807, 2.05) is 0 Å². The Morgan fingerprint density at radius 3 is 1.93 bits per heavy atom. The van der Waals surface area contributed by atoms with Gasteiger partial charge in [-0.1, -0.05) is 84.0 Å². The molecule has 1 fully saturated rings. The zero-order valence-corrected chi connectivity index (χ0v) is 34.0. The molecule has 0 radical (unpaired) electrons. The zero-order valence-electron chi connectivity index (χ0n) is 34.0. The molecule has 16 nitrogen and oxygen atoms in total. The molecule has 16 heteroatoms. The number of aliphatic imine (C=N–C) groups is 1. The predicted octanol–water partition coefficient (Wildman–Crippen LogP) is 1.55. The summed E-state index contributed by atoms with van der Waals surface area (Å²) in [5.41, 5.74) is 22.3. The van der Waals surface area contributed by atoms with Gasteiger partial charge in [-0.25, -0.2) is 0 Å². The number of carbonyl (C=O) groups excluding carboxylic acids is 5. The van der Waals surface area contributed by atoms with E-state index >= 15 is 0 Å². The minimum Gasteiger partial charge on any atom is -0.391 e. The third-order valence-corrected chi connectivity index (χ3v) is 10.1. The summed E-state index contributed by atoms with van der Waals surface area (Å²) < 4.78 is 0. The van der Waals surface area contributed by atoms with Gasteiger partial charge in [-0.3, -0.25) is 29.0 Å². The van der Waals surface area contributed by atoms with Gasteiger partial charge in [0.25, 0.3) is 0 Å². The van der Waals surface area contributed by atoms with Crippen LogP contribution in [0, 0.1) is 0 Å². The smallest absolute Gasteiger partial charge is 0.245 e. The molecule has 1 aliphatic rings. The van der Waals surface area contributed by atoms with E-state index in [4.69, 9.17) is 22.9 Å². The Hall–Kier alpha value is -3.50. The van der Waals surface area contributed by atoms with Crippen LogP contribution in [0.25, 0.3) is 0 Å². The Kier molecular flexibility index (Phi) is 27.6. The molecule has 1 aliphatic heterocycles. The number of hydrogen-bond acceptors (Lipinski definition) is 9. The molecule has 5 atom stereocenters. The van der Waals surface area contributed by atoms with Crippen molar-refractivity contribution in [3.63, 3.8) is 0 Å². The summed E-state index contributed by atoms with van der Waals surface area (Å²) in [5, 5.41) is 20.9. The molecule has 5 amide bonds. The fraction of sp³-hybridized carbons (Fsp3) is 0.846. The highest BCUT2D eigenvalue weighted by Gasteiger charge is 2.39. The summed E-state index contributed by atoms with van der Waals surface area (Å²) in [6.45, 7) is 5.02. The first kappa shape index (κ1) is 49.5. The van der Waals surface area contributed by atoms with Gasteiger partial charge in [-0.15, -0.1) is 0 Å². The number of amides is 5. The molecule has 13 N–H and O–H groups in total. The first-order valence-corrected chi connectivity index (χ1v) is 21.1. The Bertz CT molecular complexity index is 1140. The van der Waals surface area contributed by atoms with E-state index in [1.165, 1.54) is 76.0 Å². The van der Waals surface area contributed by atoms with Crippen molar-refractivity contribution in [2.75, 3.05) is 32.7 Å². The number of aliphatic hydroxyl groups is 1. The molecular formula is C39H76N10O6. The third-order valence-electron chi connectivity index (χ3n) is 10.1. The van der Waals surface area contributed by atoms with Gasteiger partial charge in [0.05, 0.1) is 6.10 Å². The van der Waals surface area contributed by atoms with Crippen LogP contribution >= 0.6 is 0 Å². The molecule has 0 aromatic carbocycles. The minimum absolute atomic E-state index is 0.0595. The van der Waals surface area contributed by atoms with E-state index in [-0.39, 0.29) is 44.3 Å². The molecule has 0 spiro atoms. The molecule has 0 bridgehead atoms. The second kappa shape index (κ2) is 30.7. The maximum Gasteiger partial charge on any atom is 0.245 e. The number of carbonyl (C=O) groups is 5. The van der Waals surface area contributed by atoms with E-state index in [1.54, 1.807) is 0 Å². The van der Waals surface area contributed by atoms with Crippen LogP contribution in [0.1, 0.15) is 149 Å². The summed E-state index contributed by atoms with van der Waals surface area (Å²) in [6, 6.07) is -3.98. The zero-order chi connectivity index (χ0) is 40.8. The normalized spacial score (nSPS) is 16.1. The largest absolute Gasteiger partial charge is 0.391 e. The number of hydrogen-bond donors (Lipinski definition) is 9. The average Bonchev–Trinajstić information content (AvgIpc) is 3.65. The summed E-state index contributed by atoms with van der Waals surface area (Å²) in [6.07, 6.45) is 18.5. The molecule has 0 aromatic rings. The Balaban J connectivity index is 2.62. The third kappa shape index (κ3) is 22.6. The molecular weight excluding hydrogens is 704 g/mol. The Morgan fingerprint density at radius 2 is 1.35 bits per heavy atom. The number of nitrogens with one attached hydrogen (secondary N) is 4. The fourth-order valence-electron chi connectivity index (χ4n) is 6.68. The van der Waals surface area contributed by atoms with Gasteiger partial charge < -0.3 is 54.2 Å². The SMILES string of the molecule is CCCCCCCCCCCCCCCC(=O)NCCNC(=O)[C@H](CCCN=C(N)N)NC(=O)[C@@H]1CCCN1C(=O)[C@H](CCCCN)NC(=O)[C@@H](N)C(C)O. The number of rotatable bonds is 32. The van der Waals surface area contributed by atoms with Crippen molar-refractivity contribution in [1.29, 1.82) is 0 Å². The summed E-state index contributed by atoms with van der Waals surface area (Å²) in [4.78, 5) is 71.1. The molecule has 0 aromatic heterocycles. The van der Waals surface area contributed by atoms with Crippen LogP contribution in [-0.4, -0.2) is 108 Å². The molecule has 55 heavy (non-hydrogen) atoms. The number of nitrogens with two attached hydrogens (primary N) is 4. The highest BCUT2D eigenvalue weighted by atomic mass is 16.3. The standard InChI is InChI=1S/C39H76N10O6/c1-3-4-5-6-7-8-9-10-11-12-13-14-15-23-33(51)44-26-27-45-35(52)30(21-18-25-46-39(42)43)47-36(53)32-22-19-28-49(32)38(55)31(20-16-17-24-40)48-37(54)34(41)29(2)50/h29-32,34,50H,3-28,40-41H2,1-2H3,(H,44,51)(H,45,52)(H,47,53)(H,48,54)(H4,42,43,46)/t29?,30-,31-,32-,34-/m0/s1. The first-order chi connectivity index (χ1) is 26.4. The molecule has 1 heterocycles. The van der Waals surface area contributed by atoms with Gasteiger partial charge in [0.1, 0.15) is 24.2 Å². The summed E-state index contributed by atoms with van der Waals surface area (Å²) in [5.74, 6) is -2.18. The topological polar surface area (TPSA) is 273 Å². The number of unbranched alkanes of at least 4 members (excludes halogenated alkanes) is 13. The van der Waals surface area contributed by atoms with E-state index < -0.39 is 53.9 Å². The fourth-order valence-corrected chi connectivity index (χ4v) is 6.68. The lowest BCUT2D eigenvalue weighted by molar-refractivity contribution is -0.142. The van der Waals surface area contributed by atoms with Gasteiger partial charge in [-0.05, 0) is 64.8 Å². The second-order valence-corrected chi connectivity index (χ2v) is 14.9. The van der Waals surface area contributed by atoms with Crippen LogP contribution < -0.4 is 44.2 Å². The summed E-state index contributed by atoms with van der Waals surface area (Å²) in [7, 11) is 0. The van der Waals surface area contributed by atoms with E-state index in [9.17, 15) is 29.1 Å². The van der Waals surface area contributed by atoms with E-state index in [2.05, 4.69) is 33.2 Å². The first-order valence-electron chi connectivity index (χ1n) is 21.1. The number of guanidine groups is 1. The van der Waals surface area contributed by atoms with Gasteiger partial charge in [0.2, 0.25) is 29.5 Å². The van der Waals surface area contributed by atoms with E-state index in [0.717, 1.165) is 19.3 Å². The number of likely N-dealkylation sites (tertiary alicyclic amines) is 1. The van der Waals surface area contributed by atoms with Crippen molar-refractivity contribution >= 4 is 35.5 Å². The van der Waals surface area contributed by atoms with Crippen LogP contribution in [0.5, 0.6) is 0 Å². The molecule has 0 saturated carbocycles. The maximum atomic E-state index is 13.7. The molecule has 1 rings (SSSR count). The lowest BCUT2D eigenvalue weighted by Gasteiger charge is -2.30. The Labute approximate surface area is 329 Å². The van der Waals surface area contributed by atoms with Crippen molar-refractivity contribution in [3.05, 3.63) is 0 Å². The molecule has 0 aliphatic carbocycles. The lowest BCUT2D eigenvalue weighted by Crippen LogP contribution is -2.58. The second-order valence-electron chi connectivity index (χ2n) is 14.9. The minimum atomic E-state index is -1.22. The van der Waals surface area contributed by atoms with Gasteiger partial charge in [0, 0.05) is 32.6 Å². The van der Waals surface area contributed by atoms with Crippen molar-refractivity contribution in [3.8, 4) is 0 Å². The van der Waals surface area contributed by atoms with Crippen molar-refractivity contribution in [2.24, 2.45) is 27.9 Å². The molecule has 318 valence electrons. The molecule has 1 unspecified atom stereocenters. The van der Waals surface area contributed by atoms with Crippen molar-refractivity contribution in [2.45, 2.75) is 179 Å². The van der Waals surface area contributed by atoms with Crippen LogP contribution in [0.15, 0.2) is 4.99 Å².